The molecule has 0 aliphatic rings. The molecule has 0 bridgehead atoms. The third-order valence-electron chi connectivity index (χ3n) is 2.82. The van der Waals surface area contributed by atoms with Gasteiger partial charge in [-0.1, -0.05) is 6.07 Å². The Morgan fingerprint density at radius 1 is 1.44 bits per heavy atom. The minimum Gasteiger partial charge on any atom is -0.271 e. The monoisotopic (exact) mass is 325 g/mol. The van der Waals surface area contributed by atoms with Gasteiger partial charge in [0.1, 0.15) is 0 Å². The molecule has 2 rings (SSSR count). The standard InChI is InChI=1S/C13H16BrN3S/c1-8-5-9(2)13(16-7-8)11(17-15)6-10-3-4-12(14)18-10/h3-5,7,11,17H,6,15H2,1-2H3. The lowest BCUT2D eigenvalue weighted by Gasteiger charge is -2.17. The summed E-state index contributed by atoms with van der Waals surface area (Å²) in [4.78, 5) is 5.79. The topological polar surface area (TPSA) is 50.9 Å². The Kier molecular flexibility index (Phi) is 4.50. The molecule has 0 aliphatic heterocycles. The van der Waals surface area contributed by atoms with Crippen LogP contribution in [0.4, 0.5) is 0 Å². The van der Waals surface area contributed by atoms with Gasteiger partial charge in [0.15, 0.2) is 0 Å². The Balaban J connectivity index is 2.22. The van der Waals surface area contributed by atoms with Gasteiger partial charge >= 0.3 is 0 Å². The van der Waals surface area contributed by atoms with Crippen molar-refractivity contribution in [1.29, 1.82) is 0 Å². The summed E-state index contributed by atoms with van der Waals surface area (Å²) in [6, 6.07) is 6.36. The first kappa shape index (κ1) is 13.7. The first-order valence-corrected chi connectivity index (χ1v) is 7.34. The predicted molar refractivity (Wildman–Crippen MR) is 79.5 cm³/mol. The summed E-state index contributed by atoms with van der Waals surface area (Å²) in [6.45, 7) is 4.12. The van der Waals surface area contributed by atoms with Crippen molar-refractivity contribution in [3.63, 3.8) is 0 Å². The number of aryl methyl sites for hydroxylation is 2. The number of nitrogens with two attached hydrogens (primary N) is 1. The molecule has 3 N–H and O–H groups in total. The summed E-state index contributed by atoms with van der Waals surface area (Å²) in [5, 5.41) is 0. The minimum absolute atomic E-state index is 0.0520. The number of hydrogen-bond donors (Lipinski definition) is 2. The molecule has 0 aliphatic carbocycles. The molecule has 0 amide bonds. The average molecular weight is 326 g/mol. The van der Waals surface area contributed by atoms with Crippen LogP contribution in [0.1, 0.15) is 27.7 Å². The van der Waals surface area contributed by atoms with E-state index in [1.165, 1.54) is 16.0 Å². The van der Waals surface area contributed by atoms with Crippen molar-refractivity contribution in [2.45, 2.75) is 26.3 Å². The number of halogens is 1. The number of hydrogen-bond acceptors (Lipinski definition) is 4. The van der Waals surface area contributed by atoms with Crippen molar-refractivity contribution in [3.05, 3.63) is 49.9 Å². The van der Waals surface area contributed by atoms with Crippen LogP contribution in [-0.4, -0.2) is 4.98 Å². The SMILES string of the molecule is Cc1cnc(C(Cc2ccc(Br)s2)NN)c(C)c1. The molecule has 1 atom stereocenters. The van der Waals surface area contributed by atoms with Crippen molar-refractivity contribution in [2.75, 3.05) is 0 Å². The van der Waals surface area contributed by atoms with Crippen LogP contribution >= 0.6 is 27.3 Å². The normalized spacial score (nSPS) is 12.7. The first-order chi connectivity index (χ1) is 8.60. The van der Waals surface area contributed by atoms with E-state index in [2.05, 4.69) is 51.5 Å². The molecule has 18 heavy (non-hydrogen) atoms. The van der Waals surface area contributed by atoms with Gasteiger partial charge in [-0.3, -0.25) is 16.3 Å². The molecule has 1 unspecified atom stereocenters. The first-order valence-electron chi connectivity index (χ1n) is 5.73. The van der Waals surface area contributed by atoms with Crippen LogP contribution in [0.3, 0.4) is 0 Å². The molecule has 3 nitrogen and oxygen atoms in total. The van der Waals surface area contributed by atoms with Crippen LogP contribution in [0.25, 0.3) is 0 Å². The molecule has 0 radical (unpaired) electrons. The minimum atomic E-state index is 0.0520. The Hall–Kier alpha value is -0.750. The number of pyridine rings is 1. The summed E-state index contributed by atoms with van der Waals surface area (Å²) in [6.07, 6.45) is 2.74. The molecule has 2 aromatic heterocycles. The summed E-state index contributed by atoms with van der Waals surface area (Å²) in [5.74, 6) is 5.67. The summed E-state index contributed by atoms with van der Waals surface area (Å²) in [7, 11) is 0. The van der Waals surface area contributed by atoms with Gasteiger partial charge in [-0.15, -0.1) is 11.3 Å². The third-order valence-corrected chi connectivity index (χ3v) is 4.47. The molecule has 0 saturated carbocycles. The second kappa shape index (κ2) is 5.93. The molecule has 2 aromatic rings. The maximum Gasteiger partial charge on any atom is 0.0701 e. The van der Waals surface area contributed by atoms with Gasteiger partial charge < -0.3 is 0 Å². The van der Waals surface area contributed by atoms with Gasteiger partial charge in [0.25, 0.3) is 0 Å². The van der Waals surface area contributed by atoms with Crippen LogP contribution in [0.15, 0.2) is 28.2 Å². The molecule has 0 aromatic carbocycles. The van der Waals surface area contributed by atoms with E-state index >= 15 is 0 Å². The lowest BCUT2D eigenvalue weighted by atomic mass is 10.0. The van der Waals surface area contributed by atoms with Gasteiger partial charge in [0, 0.05) is 17.5 Å². The van der Waals surface area contributed by atoms with Crippen molar-refractivity contribution >= 4 is 27.3 Å². The van der Waals surface area contributed by atoms with Crippen LogP contribution < -0.4 is 11.3 Å². The molecular formula is C13H16BrN3S. The number of nitrogens with zero attached hydrogens (tertiary/aromatic N) is 1. The van der Waals surface area contributed by atoms with Crippen LogP contribution in [0, 0.1) is 13.8 Å². The lowest BCUT2D eigenvalue weighted by molar-refractivity contribution is 0.538. The summed E-state index contributed by atoms with van der Waals surface area (Å²) < 4.78 is 1.14. The number of rotatable bonds is 4. The molecule has 0 spiro atoms. The Morgan fingerprint density at radius 3 is 2.78 bits per heavy atom. The van der Waals surface area contributed by atoms with Crippen molar-refractivity contribution in [1.82, 2.24) is 10.4 Å². The second-order valence-corrected chi connectivity index (χ2v) is 6.89. The van der Waals surface area contributed by atoms with Crippen LogP contribution in [0.2, 0.25) is 0 Å². The number of aromatic nitrogens is 1. The quantitative estimate of drug-likeness (QED) is 0.670. The maximum absolute atomic E-state index is 5.67. The highest BCUT2D eigenvalue weighted by Crippen LogP contribution is 2.27. The van der Waals surface area contributed by atoms with Gasteiger partial charge in [0.2, 0.25) is 0 Å². The Bertz CT molecular complexity index is 539. The van der Waals surface area contributed by atoms with E-state index < -0.39 is 0 Å². The Labute approximate surface area is 120 Å². The maximum atomic E-state index is 5.67. The zero-order valence-corrected chi connectivity index (χ0v) is 12.8. The zero-order chi connectivity index (χ0) is 13.1. The molecular weight excluding hydrogens is 310 g/mol. The highest BCUT2D eigenvalue weighted by atomic mass is 79.9. The highest BCUT2D eigenvalue weighted by molar-refractivity contribution is 9.11. The predicted octanol–water partition coefficient (Wildman–Crippen LogP) is 3.27. The van der Waals surface area contributed by atoms with E-state index in [9.17, 15) is 0 Å². The summed E-state index contributed by atoms with van der Waals surface area (Å²) >= 11 is 5.20. The van der Waals surface area contributed by atoms with E-state index in [-0.39, 0.29) is 6.04 Å². The largest absolute Gasteiger partial charge is 0.271 e. The molecule has 5 heteroatoms. The van der Waals surface area contributed by atoms with Gasteiger partial charge in [0.05, 0.1) is 15.5 Å². The molecule has 96 valence electrons. The number of thiophene rings is 1. The Morgan fingerprint density at radius 2 is 2.22 bits per heavy atom. The van der Waals surface area contributed by atoms with E-state index in [1.54, 1.807) is 11.3 Å². The van der Waals surface area contributed by atoms with Crippen molar-refractivity contribution < 1.29 is 0 Å². The number of hydrazine groups is 1. The van der Waals surface area contributed by atoms with E-state index in [0.717, 1.165) is 15.9 Å². The fourth-order valence-electron chi connectivity index (χ4n) is 1.99. The number of nitrogens with one attached hydrogen (secondary N) is 1. The van der Waals surface area contributed by atoms with Crippen molar-refractivity contribution in [2.24, 2.45) is 5.84 Å². The average Bonchev–Trinajstić information content (AvgIpc) is 2.72. The van der Waals surface area contributed by atoms with Gasteiger partial charge in [-0.2, -0.15) is 0 Å². The molecule has 0 saturated heterocycles. The van der Waals surface area contributed by atoms with E-state index in [4.69, 9.17) is 5.84 Å². The highest BCUT2D eigenvalue weighted by Gasteiger charge is 2.15. The summed E-state index contributed by atoms with van der Waals surface area (Å²) in [5.41, 5.74) is 6.23. The molecule has 0 fully saturated rings. The van der Waals surface area contributed by atoms with Crippen LogP contribution in [0.5, 0.6) is 0 Å². The van der Waals surface area contributed by atoms with Gasteiger partial charge in [-0.25, -0.2) is 0 Å². The second-order valence-electron chi connectivity index (χ2n) is 4.34. The molecule has 2 heterocycles. The zero-order valence-electron chi connectivity index (χ0n) is 10.4. The fourth-order valence-corrected chi connectivity index (χ4v) is 3.52. The van der Waals surface area contributed by atoms with Gasteiger partial charge in [-0.05, 0) is 53.0 Å². The van der Waals surface area contributed by atoms with E-state index in [1.807, 2.05) is 13.1 Å². The smallest absolute Gasteiger partial charge is 0.0701 e. The van der Waals surface area contributed by atoms with Crippen LogP contribution in [-0.2, 0) is 6.42 Å². The lowest BCUT2D eigenvalue weighted by Crippen LogP contribution is -2.30. The fraction of sp³-hybridized carbons (Fsp3) is 0.308. The van der Waals surface area contributed by atoms with Crippen molar-refractivity contribution in [3.8, 4) is 0 Å². The van der Waals surface area contributed by atoms with E-state index in [0.29, 0.717) is 0 Å². The third kappa shape index (κ3) is 3.17.